The van der Waals surface area contributed by atoms with Crippen LogP contribution in [0.2, 0.25) is 0 Å². The Morgan fingerprint density at radius 1 is 1.16 bits per heavy atom. The molecule has 1 saturated heterocycles. The fourth-order valence-electron chi connectivity index (χ4n) is 3.43. The third kappa shape index (κ3) is 3.63. The van der Waals surface area contributed by atoms with Gasteiger partial charge in [-0.05, 0) is 34.7 Å². The summed E-state index contributed by atoms with van der Waals surface area (Å²) in [5.74, 6) is -0.377. The summed E-state index contributed by atoms with van der Waals surface area (Å²) in [6, 6.07) is 8.73. The minimum atomic E-state index is -4.48. The number of carbonyl (C=O) groups excluding carboxylic acids is 1. The zero-order valence-electron chi connectivity index (χ0n) is 14.1. The average molecular weight is 350 g/mol. The molecule has 0 unspecified atom stereocenters. The van der Waals surface area contributed by atoms with Gasteiger partial charge in [0.15, 0.2) is 6.04 Å². The molecule has 2 aromatic carbocycles. The second-order valence-corrected chi connectivity index (χ2v) is 6.39. The van der Waals surface area contributed by atoms with E-state index in [9.17, 15) is 18.0 Å². The van der Waals surface area contributed by atoms with Crippen LogP contribution in [0.3, 0.4) is 0 Å². The summed E-state index contributed by atoms with van der Waals surface area (Å²) < 4.78 is 41.5. The Labute approximate surface area is 144 Å². The number of hydrogen-bond acceptors (Lipinski definition) is 2. The minimum Gasteiger partial charge on any atom is -0.288 e. The van der Waals surface area contributed by atoms with Gasteiger partial charge in [-0.15, -0.1) is 0 Å². The number of benzene rings is 2. The molecule has 1 fully saturated rings. The Morgan fingerprint density at radius 2 is 1.88 bits per heavy atom. The summed E-state index contributed by atoms with van der Waals surface area (Å²) in [5, 5.41) is 2.46. The van der Waals surface area contributed by atoms with E-state index in [1.807, 2.05) is 18.2 Å². The molecule has 1 heterocycles. The highest BCUT2D eigenvalue weighted by atomic mass is 19.4. The Balaban J connectivity index is 2.10. The molecule has 0 aliphatic carbocycles. The van der Waals surface area contributed by atoms with Gasteiger partial charge in [-0.2, -0.15) is 13.2 Å². The van der Waals surface area contributed by atoms with Crippen molar-refractivity contribution in [2.45, 2.75) is 44.8 Å². The van der Waals surface area contributed by atoms with E-state index in [0.717, 1.165) is 35.2 Å². The van der Waals surface area contributed by atoms with E-state index < -0.39 is 12.2 Å². The molecule has 1 atom stereocenters. The molecule has 1 N–H and O–H groups in total. The van der Waals surface area contributed by atoms with Crippen molar-refractivity contribution in [3.63, 3.8) is 0 Å². The Morgan fingerprint density at radius 3 is 2.52 bits per heavy atom. The van der Waals surface area contributed by atoms with Gasteiger partial charge in [-0.3, -0.25) is 10.2 Å². The first kappa shape index (κ1) is 17.7. The number of aryl methyl sites for hydroxylation is 1. The fraction of sp³-hybridized carbons (Fsp3) is 0.421. The van der Waals surface area contributed by atoms with Gasteiger partial charge >= 0.3 is 6.18 Å². The van der Waals surface area contributed by atoms with Gasteiger partial charge < -0.3 is 0 Å². The third-order valence-corrected chi connectivity index (χ3v) is 4.61. The van der Waals surface area contributed by atoms with Gasteiger partial charge in [-0.1, -0.05) is 49.7 Å². The van der Waals surface area contributed by atoms with E-state index in [4.69, 9.17) is 0 Å². The van der Waals surface area contributed by atoms with Crippen molar-refractivity contribution in [3.05, 3.63) is 47.5 Å². The van der Waals surface area contributed by atoms with Crippen molar-refractivity contribution in [1.82, 2.24) is 10.4 Å². The van der Waals surface area contributed by atoms with Crippen LogP contribution in [0.15, 0.2) is 36.4 Å². The van der Waals surface area contributed by atoms with Crippen LogP contribution in [0.5, 0.6) is 0 Å². The molecule has 0 spiro atoms. The molecule has 25 heavy (non-hydrogen) atoms. The number of halogens is 3. The Bertz CT molecular complexity index is 773. The first-order valence-corrected chi connectivity index (χ1v) is 8.55. The quantitative estimate of drug-likeness (QED) is 0.860. The van der Waals surface area contributed by atoms with Crippen molar-refractivity contribution in [2.24, 2.45) is 0 Å². The van der Waals surface area contributed by atoms with E-state index >= 15 is 0 Å². The number of carbonyl (C=O) groups is 1. The smallest absolute Gasteiger partial charge is 0.288 e. The van der Waals surface area contributed by atoms with Crippen molar-refractivity contribution >= 4 is 16.7 Å². The van der Waals surface area contributed by atoms with Crippen molar-refractivity contribution in [1.29, 1.82) is 0 Å². The minimum absolute atomic E-state index is 0.0505. The highest BCUT2D eigenvalue weighted by Gasteiger charge is 2.47. The average Bonchev–Trinajstić information content (AvgIpc) is 2.98. The lowest BCUT2D eigenvalue weighted by molar-refractivity contribution is -0.190. The molecular weight excluding hydrogens is 329 g/mol. The Hall–Kier alpha value is -2.08. The van der Waals surface area contributed by atoms with Crippen LogP contribution in [0, 0.1) is 0 Å². The third-order valence-electron chi connectivity index (χ3n) is 4.61. The molecule has 3 nitrogen and oxygen atoms in total. The van der Waals surface area contributed by atoms with Crippen LogP contribution in [0.25, 0.3) is 10.8 Å². The molecule has 134 valence electrons. The number of rotatable bonds is 5. The summed E-state index contributed by atoms with van der Waals surface area (Å²) in [6.45, 7) is 2.14. The maximum Gasteiger partial charge on any atom is 0.409 e. The van der Waals surface area contributed by atoms with Crippen molar-refractivity contribution in [3.8, 4) is 0 Å². The van der Waals surface area contributed by atoms with Crippen LogP contribution in [0.4, 0.5) is 13.2 Å². The number of fused-ring (bicyclic) bond motifs is 1. The highest BCUT2D eigenvalue weighted by Crippen LogP contribution is 2.41. The predicted octanol–water partition coefficient (Wildman–Crippen LogP) is 4.52. The highest BCUT2D eigenvalue weighted by molar-refractivity contribution is 5.89. The van der Waals surface area contributed by atoms with Gasteiger partial charge in [0, 0.05) is 13.0 Å². The second kappa shape index (κ2) is 7.04. The van der Waals surface area contributed by atoms with Crippen LogP contribution in [-0.4, -0.2) is 23.6 Å². The summed E-state index contributed by atoms with van der Waals surface area (Å²) >= 11 is 0. The number of nitrogens with zero attached hydrogens (tertiary/aromatic N) is 1. The molecule has 0 aromatic heterocycles. The lowest BCUT2D eigenvalue weighted by Gasteiger charge is -2.30. The zero-order valence-corrected chi connectivity index (χ0v) is 14.1. The van der Waals surface area contributed by atoms with E-state index in [2.05, 4.69) is 12.3 Å². The van der Waals surface area contributed by atoms with Crippen LogP contribution in [0.1, 0.15) is 43.4 Å². The van der Waals surface area contributed by atoms with Gasteiger partial charge in [0.2, 0.25) is 5.91 Å². The first-order chi connectivity index (χ1) is 11.9. The number of hydrazine groups is 1. The molecule has 1 amide bonds. The van der Waals surface area contributed by atoms with Crippen molar-refractivity contribution < 1.29 is 18.0 Å². The fourth-order valence-corrected chi connectivity index (χ4v) is 3.43. The standard InChI is InChI=1S/C19H21F3N2O/c1-2-3-6-13-7-4-9-15-14(13)8-5-10-16(15)18(19(20,21)22)24-12-11-17(25)23-24/h4-5,7-10,18H,2-3,6,11-12H2,1H3,(H,23,25)/t18-/m0/s1. The SMILES string of the molecule is CCCCc1cccc2c([C@H](N3CCC(=O)N3)C(F)(F)F)cccc12. The summed E-state index contributed by atoms with van der Waals surface area (Å²) in [4.78, 5) is 11.4. The van der Waals surface area contributed by atoms with Crippen molar-refractivity contribution in [2.75, 3.05) is 6.54 Å². The number of unbranched alkanes of at least 4 members (excludes halogenated alkanes) is 1. The molecule has 1 aliphatic heterocycles. The van der Waals surface area contributed by atoms with Gasteiger partial charge in [-0.25, -0.2) is 5.01 Å². The van der Waals surface area contributed by atoms with E-state index in [0.29, 0.717) is 5.39 Å². The van der Waals surface area contributed by atoms with E-state index in [1.54, 1.807) is 12.1 Å². The molecule has 0 radical (unpaired) electrons. The molecule has 3 rings (SSSR count). The zero-order chi connectivity index (χ0) is 18.0. The molecule has 0 saturated carbocycles. The summed E-state index contributed by atoms with van der Waals surface area (Å²) in [5.41, 5.74) is 3.60. The number of amides is 1. The van der Waals surface area contributed by atoms with Gasteiger partial charge in [0.25, 0.3) is 0 Å². The van der Waals surface area contributed by atoms with E-state index in [-0.39, 0.29) is 24.4 Å². The monoisotopic (exact) mass is 350 g/mol. The summed E-state index contributed by atoms with van der Waals surface area (Å²) in [6.07, 6.45) is -1.53. The second-order valence-electron chi connectivity index (χ2n) is 6.39. The first-order valence-electron chi connectivity index (χ1n) is 8.55. The maximum atomic E-state index is 13.8. The molecule has 2 aromatic rings. The van der Waals surface area contributed by atoms with Crippen LogP contribution >= 0.6 is 0 Å². The number of alkyl halides is 3. The lowest BCUT2D eigenvalue weighted by atomic mass is 9.93. The predicted molar refractivity (Wildman–Crippen MR) is 90.8 cm³/mol. The molecule has 0 bridgehead atoms. The number of hydrogen-bond donors (Lipinski definition) is 1. The maximum absolute atomic E-state index is 13.8. The van der Waals surface area contributed by atoms with Crippen LogP contribution < -0.4 is 5.43 Å². The van der Waals surface area contributed by atoms with Crippen LogP contribution in [-0.2, 0) is 11.2 Å². The topological polar surface area (TPSA) is 32.3 Å². The molecule has 6 heteroatoms. The number of nitrogens with one attached hydrogen (secondary N) is 1. The van der Waals surface area contributed by atoms with Gasteiger partial charge in [0.1, 0.15) is 0 Å². The van der Waals surface area contributed by atoms with Gasteiger partial charge in [0.05, 0.1) is 0 Å². The van der Waals surface area contributed by atoms with E-state index in [1.165, 1.54) is 6.07 Å². The molecular formula is C19H21F3N2O. The normalized spacial score (nSPS) is 17.0. The summed E-state index contributed by atoms with van der Waals surface area (Å²) in [7, 11) is 0. The Kier molecular flexibility index (Phi) is 4.99. The molecule has 1 aliphatic rings. The largest absolute Gasteiger partial charge is 0.409 e. The lowest BCUT2D eigenvalue weighted by Crippen LogP contribution is -2.43.